The van der Waals surface area contributed by atoms with Crippen LogP contribution in [-0.2, 0) is 5.54 Å². The molecule has 1 heterocycles. The third-order valence-corrected chi connectivity index (χ3v) is 3.63. The van der Waals surface area contributed by atoms with E-state index in [0.717, 1.165) is 18.7 Å². The van der Waals surface area contributed by atoms with Gasteiger partial charge in [0, 0.05) is 11.1 Å². The maximum absolute atomic E-state index is 4.58. The minimum atomic E-state index is 0.0719. The van der Waals surface area contributed by atoms with Crippen molar-refractivity contribution in [2.75, 3.05) is 6.54 Å². The van der Waals surface area contributed by atoms with E-state index in [1.165, 1.54) is 11.4 Å². The van der Waals surface area contributed by atoms with Gasteiger partial charge in [0.1, 0.15) is 5.01 Å². The predicted molar refractivity (Wildman–Crippen MR) is 62.8 cm³/mol. The van der Waals surface area contributed by atoms with Crippen LogP contribution >= 0.6 is 11.3 Å². The molecule has 1 atom stereocenters. The molecule has 0 aliphatic heterocycles. The number of thiazole rings is 1. The monoisotopic (exact) mass is 212 g/mol. The molecule has 1 N–H and O–H groups in total. The third-order valence-electron chi connectivity index (χ3n) is 2.41. The molecule has 14 heavy (non-hydrogen) atoms. The lowest BCUT2D eigenvalue weighted by Gasteiger charge is -2.28. The van der Waals surface area contributed by atoms with E-state index in [4.69, 9.17) is 0 Å². The van der Waals surface area contributed by atoms with Gasteiger partial charge >= 0.3 is 0 Å². The molecule has 0 saturated heterocycles. The van der Waals surface area contributed by atoms with Crippen molar-refractivity contribution >= 4 is 11.3 Å². The van der Waals surface area contributed by atoms with Crippen molar-refractivity contribution in [2.24, 2.45) is 0 Å². The van der Waals surface area contributed by atoms with Crippen LogP contribution in [0.1, 0.15) is 44.3 Å². The van der Waals surface area contributed by atoms with Crippen molar-refractivity contribution in [2.45, 2.75) is 46.1 Å². The molecular formula is C11H20N2S. The van der Waals surface area contributed by atoms with Crippen LogP contribution in [0.4, 0.5) is 0 Å². The van der Waals surface area contributed by atoms with Crippen LogP contribution in [0.2, 0.25) is 0 Å². The summed E-state index contributed by atoms with van der Waals surface area (Å²) in [6.07, 6.45) is 2.33. The van der Waals surface area contributed by atoms with Gasteiger partial charge in [-0.3, -0.25) is 0 Å². The van der Waals surface area contributed by atoms with Crippen molar-refractivity contribution in [3.8, 4) is 0 Å². The highest BCUT2D eigenvalue weighted by Crippen LogP contribution is 2.28. The summed E-state index contributed by atoms with van der Waals surface area (Å²) < 4.78 is 0. The zero-order chi connectivity index (χ0) is 10.6. The molecule has 0 amide bonds. The summed E-state index contributed by atoms with van der Waals surface area (Å²) in [5.74, 6) is 0. The summed E-state index contributed by atoms with van der Waals surface area (Å²) in [7, 11) is 0. The lowest BCUT2D eigenvalue weighted by molar-refractivity contribution is 0.343. The van der Waals surface area contributed by atoms with Gasteiger partial charge in [-0.2, -0.15) is 0 Å². The Balaban J connectivity index is 2.86. The van der Waals surface area contributed by atoms with Crippen LogP contribution in [0.5, 0.6) is 0 Å². The van der Waals surface area contributed by atoms with Crippen LogP contribution in [0, 0.1) is 6.92 Å². The van der Waals surface area contributed by atoms with Gasteiger partial charge in [0.15, 0.2) is 0 Å². The van der Waals surface area contributed by atoms with Crippen molar-refractivity contribution in [3.05, 3.63) is 16.1 Å². The number of hydrogen-bond donors (Lipinski definition) is 1. The minimum Gasteiger partial charge on any atom is -0.306 e. The molecular weight excluding hydrogens is 192 g/mol. The van der Waals surface area contributed by atoms with Crippen molar-refractivity contribution in [1.29, 1.82) is 0 Å². The summed E-state index contributed by atoms with van der Waals surface area (Å²) in [6, 6.07) is 0. The van der Waals surface area contributed by atoms with E-state index < -0.39 is 0 Å². The summed E-state index contributed by atoms with van der Waals surface area (Å²) in [5, 5.41) is 6.88. The molecule has 0 saturated carbocycles. The van der Waals surface area contributed by atoms with Gasteiger partial charge in [0.05, 0.1) is 5.54 Å². The number of aryl methyl sites for hydroxylation is 1. The van der Waals surface area contributed by atoms with Crippen LogP contribution in [0.3, 0.4) is 0 Å². The van der Waals surface area contributed by atoms with Gasteiger partial charge in [-0.1, -0.05) is 20.3 Å². The fourth-order valence-corrected chi connectivity index (χ4v) is 2.73. The quantitative estimate of drug-likeness (QED) is 0.811. The first-order chi connectivity index (χ1) is 6.62. The Bertz CT molecular complexity index is 275. The van der Waals surface area contributed by atoms with Crippen LogP contribution in [-0.4, -0.2) is 11.5 Å². The highest BCUT2D eigenvalue weighted by Gasteiger charge is 2.27. The van der Waals surface area contributed by atoms with Crippen LogP contribution < -0.4 is 5.32 Å². The molecule has 0 aliphatic carbocycles. The highest BCUT2D eigenvalue weighted by molar-refractivity contribution is 7.09. The molecule has 0 fully saturated rings. The van der Waals surface area contributed by atoms with E-state index >= 15 is 0 Å². The summed E-state index contributed by atoms with van der Waals surface area (Å²) >= 11 is 1.76. The van der Waals surface area contributed by atoms with Gasteiger partial charge < -0.3 is 5.32 Å². The molecule has 0 aromatic carbocycles. The second-order valence-electron chi connectivity index (χ2n) is 3.91. The van der Waals surface area contributed by atoms with Gasteiger partial charge in [-0.15, -0.1) is 11.3 Å². The van der Waals surface area contributed by atoms with Gasteiger partial charge in [0.25, 0.3) is 0 Å². The second-order valence-corrected chi connectivity index (χ2v) is 4.76. The summed E-state index contributed by atoms with van der Waals surface area (Å²) in [6.45, 7) is 9.66. The predicted octanol–water partition coefficient (Wildman–Crippen LogP) is 3.08. The van der Waals surface area contributed by atoms with E-state index in [0.29, 0.717) is 0 Å². The Hall–Kier alpha value is -0.410. The SMILES string of the molecule is CCCC(C)(NCC)c1nc(C)cs1. The number of hydrogen-bond acceptors (Lipinski definition) is 3. The fraction of sp³-hybridized carbons (Fsp3) is 0.727. The smallest absolute Gasteiger partial charge is 0.113 e. The molecule has 2 nitrogen and oxygen atoms in total. The standard InChI is InChI=1S/C11H20N2S/c1-5-7-11(4,12-6-2)10-13-9(3)8-14-10/h8,12H,5-7H2,1-4H3. The topological polar surface area (TPSA) is 24.9 Å². The van der Waals surface area contributed by atoms with Gasteiger partial charge in [-0.25, -0.2) is 4.98 Å². The van der Waals surface area contributed by atoms with Gasteiger partial charge in [-0.05, 0) is 26.8 Å². The first kappa shape index (κ1) is 11.7. The van der Waals surface area contributed by atoms with E-state index in [1.807, 2.05) is 0 Å². The number of aromatic nitrogens is 1. The van der Waals surface area contributed by atoms with E-state index in [-0.39, 0.29) is 5.54 Å². The van der Waals surface area contributed by atoms with E-state index in [9.17, 15) is 0 Å². The maximum Gasteiger partial charge on any atom is 0.113 e. The Kier molecular flexibility index (Phi) is 4.08. The zero-order valence-electron chi connectivity index (χ0n) is 9.55. The zero-order valence-corrected chi connectivity index (χ0v) is 10.4. The van der Waals surface area contributed by atoms with Crippen LogP contribution in [0.25, 0.3) is 0 Å². The summed E-state index contributed by atoms with van der Waals surface area (Å²) in [4.78, 5) is 4.58. The highest BCUT2D eigenvalue weighted by atomic mass is 32.1. The molecule has 0 spiro atoms. The molecule has 3 heteroatoms. The lowest BCUT2D eigenvalue weighted by Crippen LogP contribution is -2.39. The summed E-state index contributed by atoms with van der Waals surface area (Å²) in [5.41, 5.74) is 1.20. The number of rotatable bonds is 5. The molecule has 1 aromatic rings. The Morgan fingerprint density at radius 2 is 2.21 bits per heavy atom. The van der Waals surface area contributed by atoms with Gasteiger partial charge in [0.2, 0.25) is 0 Å². The Labute approximate surface area is 90.8 Å². The second kappa shape index (κ2) is 4.89. The molecule has 1 aromatic heterocycles. The average molecular weight is 212 g/mol. The van der Waals surface area contributed by atoms with E-state index in [2.05, 4.69) is 43.4 Å². The number of nitrogens with zero attached hydrogens (tertiary/aromatic N) is 1. The molecule has 0 aliphatic rings. The van der Waals surface area contributed by atoms with Crippen molar-refractivity contribution < 1.29 is 0 Å². The first-order valence-electron chi connectivity index (χ1n) is 5.30. The maximum atomic E-state index is 4.58. The molecule has 1 rings (SSSR count). The molecule has 0 bridgehead atoms. The number of nitrogens with one attached hydrogen (secondary N) is 1. The van der Waals surface area contributed by atoms with E-state index in [1.54, 1.807) is 11.3 Å². The van der Waals surface area contributed by atoms with Crippen LogP contribution in [0.15, 0.2) is 5.38 Å². The molecule has 1 unspecified atom stereocenters. The normalized spacial score (nSPS) is 15.4. The molecule has 0 radical (unpaired) electrons. The fourth-order valence-electron chi connectivity index (χ4n) is 1.77. The molecule has 80 valence electrons. The average Bonchev–Trinajstić information content (AvgIpc) is 2.53. The third kappa shape index (κ3) is 2.55. The van der Waals surface area contributed by atoms with Crippen molar-refractivity contribution in [3.63, 3.8) is 0 Å². The first-order valence-corrected chi connectivity index (χ1v) is 6.18. The minimum absolute atomic E-state index is 0.0719. The Morgan fingerprint density at radius 3 is 2.64 bits per heavy atom. The van der Waals surface area contributed by atoms with Crippen molar-refractivity contribution in [1.82, 2.24) is 10.3 Å². The Morgan fingerprint density at radius 1 is 1.50 bits per heavy atom. The largest absolute Gasteiger partial charge is 0.306 e. The lowest BCUT2D eigenvalue weighted by atomic mass is 9.97.